The number of hydrogen-bond acceptors (Lipinski definition) is 7. The zero-order valence-electron chi connectivity index (χ0n) is 25.5. The molecular formula is C33H47NO8. The van der Waals surface area contributed by atoms with Crippen LogP contribution in [0.2, 0.25) is 0 Å². The Morgan fingerprint density at radius 1 is 0.976 bits per heavy atom. The van der Waals surface area contributed by atoms with Crippen LogP contribution < -0.4 is 14.8 Å². The first kappa shape index (κ1) is 34.6. The van der Waals surface area contributed by atoms with Gasteiger partial charge in [-0.05, 0) is 61.3 Å². The molecule has 0 fully saturated rings. The summed E-state index contributed by atoms with van der Waals surface area (Å²) in [5.74, 6) is -0.523. The first-order valence-corrected chi connectivity index (χ1v) is 14.4. The molecule has 42 heavy (non-hydrogen) atoms. The van der Waals surface area contributed by atoms with Gasteiger partial charge in [0.05, 0.1) is 31.8 Å². The summed E-state index contributed by atoms with van der Waals surface area (Å²) < 4.78 is 22.0. The molecule has 0 aliphatic carbocycles. The number of carbonyl (C=O) groups excluding carboxylic acids is 1. The van der Waals surface area contributed by atoms with Crippen LogP contribution in [-0.4, -0.2) is 61.9 Å². The number of methoxy groups -OCH3 is 2. The minimum Gasteiger partial charge on any atom is -0.493 e. The number of aliphatic hydroxyl groups is 1. The van der Waals surface area contributed by atoms with Gasteiger partial charge in [0.2, 0.25) is 0 Å². The lowest BCUT2D eigenvalue weighted by Gasteiger charge is -2.31. The van der Waals surface area contributed by atoms with Gasteiger partial charge >= 0.3 is 12.1 Å². The van der Waals surface area contributed by atoms with Crippen LogP contribution in [0.15, 0.2) is 60.7 Å². The van der Waals surface area contributed by atoms with Crippen molar-refractivity contribution in [3.8, 4) is 11.5 Å². The van der Waals surface area contributed by atoms with Gasteiger partial charge in [-0.1, -0.05) is 62.4 Å². The standard InChI is InChI=1S/C33H47NO8/c1-22(2)26(17-25-13-14-30(40-6)31(18-25)41-16-10-15-39-5)19-28(29(35)20-27(23(3)4)32(36)37)34-33(38)42-21-24-11-8-7-9-12-24/h7-9,11-14,18,22,26-29,35H,3,10,15-17,19-21H2,1-2,4-6H3,(H,34,38)(H,36,37)/t26-,27-,28-,29-/m0/s1. The van der Waals surface area contributed by atoms with Crippen LogP contribution in [0.1, 0.15) is 51.2 Å². The molecule has 9 heteroatoms. The highest BCUT2D eigenvalue weighted by Crippen LogP contribution is 2.32. The highest BCUT2D eigenvalue weighted by Gasteiger charge is 2.31. The van der Waals surface area contributed by atoms with E-state index in [9.17, 15) is 19.8 Å². The normalized spacial score (nSPS) is 14.0. The fourth-order valence-corrected chi connectivity index (χ4v) is 4.71. The maximum atomic E-state index is 12.8. The van der Waals surface area contributed by atoms with Crippen LogP contribution in [0.5, 0.6) is 11.5 Å². The van der Waals surface area contributed by atoms with Gasteiger partial charge < -0.3 is 34.5 Å². The van der Waals surface area contributed by atoms with Crippen LogP contribution in [0.25, 0.3) is 0 Å². The number of carboxylic acids is 1. The lowest BCUT2D eigenvalue weighted by Crippen LogP contribution is -2.46. The predicted molar refractivity (Wildman–Crippen MR) is 162 cm³/mol. The first-order chi connectivity index (χ1) is 20.0. The summed E-state index contributed by atoms with van der Waals surface area (Å²) in [6.07, 6.45) is -0.110. The van der Waals surface area contributed by atoms with E-state index in [1.54, 1.807) is 21.1 Å². The Morgan fingerprint density at radius 3 is 2.29 bits per heavy atom. The zero-order chi connectivity index (χ0) is 31.1. The molecule has 0 heterocycles. The number of carbonyl (C=O) groups is 2. The summed E-state index contributed by atoms with van der Waals surface area (Å²) in [6.45, 7) is 10.7. The molecule has 232 valence electrons. The molecule has 1 amide bonds. The molecule has 2 rings (SSSR count). The molecule has 9 nitrogen and oxygen atoms in total. The van der Waals surface area contributed by atoms with E-state index >= 15 is 0 Å². The van der Waals surface area contributed by atoms with Crippen LogP contribution in [0.3, 0.4) is 0 Å². The van der Waals surface area contributed by atoms with Crippen molar-refractivity contribution >= 4 is 12.1 Å². The van der Waals surface area contributed by atoms with Crippen molar-refractivity contribution in [1.29, 1.82) is 0 Å². The smallest absolute Gasteiger partial charge is 0.407 e. The Bertz CT molecular complexity index is 1110. The third-order valence-electron chi connectivity index (χ3n) is 7.33. The highest BCUT2D eigenvalue weighted by atomic mass is 16.5. The average molecular weight is 586 g/mol. The second-order valence-electron chi connectivity index (χ2n) is 11.0. The SMILES string of the molecule is C=C(C)[C@H](C[C@H](O)[C@H](C[C@H](Cc1ccc(OC)c(OCCCOC)c1)C(C)C)NC(=O)OCc1ccccc1)C(=O)O. The van der Waals surface area contributed by atoms with Crippen LogP contribution >= 0.6 is 0 Å². The first-order valence-electron chi connectivity index (χ1n) is 14.4. The van der Waals surface area contributed by atoms with Gasteiger partial charge in [-0.3, -0.25) is 4.79 Å². The van der Waals surface area contributed by atoms with Gasteiger partial charge in [-0.15, -0.1) is 0 Å². The van der Waals surface area contributed by atoms with E-state index < -0.39 is 30.1 Å². The van der Waals surface area contributed by atoms with Crippen molar-refractivity contribution in [2.24, 2.45) is 17.8 Å². The molecule has 0 bridgehead atoms. The third kappa shape index (κ3) is 11.7. The van der Waals surface area contributed by atoms with Gasteiger partial charge in [0.25, 0.3) is 0 Å². The van der Waals surface area contributed by atoms with Crippen molar-refractivity contribution in [3.05, 3.63) is 71.8 Å². The van der Waals surface area contributed by atoms with Crippen molar-refractivity contribution in [2.45, 2.75) is 65.2 Å². The summed E-state index contributed by atoms with van der Waals surface area (Å²) in [7, 11) is 3.24. The van der Waals surface area contributed by atoms with Crippen LogP contribution in [0, 0.1) is 17.8 Å². The molecule has 0 aliphatic rings. The Hall–Kier alpha value is -3.56. The monoisotopic (exact) mass is 585 g/mol. The van der Waals surface area contributed by atoms with Crippen molar-refractivity contribution < 1.29 is 38.7 Å². The molecule has 0 aliphatic heterocycles. The summed E-state index contributed by atoms with van der Waals surface area (Å²) in [5.41, 5.74) is 2.28. The number of amides is 1. The zero-order valence-corrected chi connectivity index (χ0v) is 25.5. The highest BCUT2D eigenvalue weighted by molar-refractivity contribution is 5.73. The maximum Gasteiger partial charge on any atom is 0.407 e. The van der Waals surface area contributed by atoms with Gasteiger partial charge in [-0.25, -0.2) is 4.79 Å². The van der Waals surface area contributed by atoms with Crippen LogP contribution in [-0.2, 0) is 27.3 Å². The second kappa shape index (κ2) is 18.1. The summed E-state index contributed by atoms with van der Waals surface area (Å²) >= 11 is 0. The average Bonchev–Trinajstić information content (AvgIpc) is 2.96. The molecule has 0 radical (unpaired) electrons. The van der Waals surface area contributed by atoms with Gasteiger partial charge in [0.15, 0.2) is 11.5 Å². The number of rotatable bonds is 19. The van der Waals surface area contributed by atoms with E-state index in [4.69, 9.17) is 18.9 Å². The molecule has 0 saturated heterocycles. The number of hydrogen-bond donors (Lipinski definition) is 3. The molecule has 4 atom stereocenters. The van der Waals surface area contributed by atoms with Crippen molar-refractivity contribution in [3.63, 3.8) is 0 Å². The van der Waals surface area contributed by atoms with E-state index in [1.807, 2.05) is 48.5 Å². The molecule has 0 saturated carbocycles. The number of aliphatic hydroxyl groups excluding tert-OH is 1. The van der Waals surface area contributed by atoms with Crippen molar-refractivity contribution in [1.82, 2.24) is 5.32 Å². The van der Waals surface area contributed by atoms with Crippen molar-refractivity contribution in [2.75, 3.05) is 27.4 Å². The second-order valence-corrected chi connectivity index (χ2v) is 11.0. The largest absolute Gasteiger partial charge is 0.493 e. The minimum atomic E-state index is -1.14. The Balaban J connectivity index is 2.23. The van der Waals surface area contributed by atoms with Gasteiger partial charge in [0.1, 0.15) is 6.61 Å². The molecule has 2 aromatic carbocycles. The molecule has 0 aromatic heterocycles. The summed E-state index contributed by atoms with van der Waals surface area (Å²) in [6, 6.07) is 14.3. The van der Waals surface area contributed by atoms with E-state index in [-0.39, 0.29) is 24.9 Å². The quantitative estimate of drug-likeness (QED) is 0.143. The molecular weight excluding hydrogens is 538 g/mol. The topological polar surface area (TPSA) is 124 Å². The molecule has 0 spiro atoms. The Labute approximate surface area is 249 Å². The van der Waals surface area contributed by atoms with E-state index in [1.165, 1.54) is 0 Å². The third-order valence-corrected chi connectivity index (χ3v) is 7.33. The summed E-state index contributed by atoms with van der Waals surface area (Å²) in [4.78, 5) is 24.7. The fourth-order valence-electron chi connectivity index (χ4n) is 4.71. The van der Waals surface area contributed by atoms with E-state index in [0.717, 1.165) is 17.5 Å². The van der Waals surface area contributed by atoms with E-state index in [2.05, 4.69) is 25.7 Å². The number of ether oxygens (including phenoxy) is 4. The van der Waals surface area contributed by atoms with Gasteiger partial charge in [-0.2, -0.15) is 0 Å². The number of aliphatic carboxylic acids is 1. The lowest BCUT2D eigenvalue weighted by molar-refractivity contribution is -0.141. The Morgan fingerprint density at radius 2 is 1.69 bits per heavy atom. The van der Waals surface area contributed by atoms with Gasteiger partial charge in [0, 0.05) is 20.1 Å². The molecule has 3 N–H and O–H groups in total. The lowest BCUT2D eigenvalue weighted by atomic mass is 9.81. The fraction of sp³-hybridized carbons (Fsp3) is 0.515. The predicted octanol–water partition coefficient (Wildman–Crippen LogP) is 5.64. The van der Waals surface area contributed by atoms with E-state index in [0.29, 0.717) is 43.1 Å². The Kier molecular flexibility index (Phi) is 14.9. The maximum absolute atomic E-state index is 12.8. The van der Waals surface area contributed by atoms with Crippen LogP contribution in [0.4, 0.5) is 4.79 Å². The number of nitrogens with one attached hydrogen (secondary N) is 1. The minimum absolute atomic E-state index is 0.0296. The molecule has 0 unspecified atom stereocenters. The summed E-state index contributed by atoms with van der Waals surface area (Å²) in [5, 5.41) is 23.7. The number of carboxylic acid groups (broad SMARTS) is 1. The molecule has 2 aromatic rings. The number of alkyl carbamates (subject to hydrolysis) is 1. The number of benzene rings is 2.